The zero-order valence-electron chi connectivity index (χ0n) is 10.8. The first-order chi connectivity index (χ1) is 9.30. The Morgan fingerprint density at radius 2 is 1.89 bits per heavy atom. The van der Waals surface area contributed by atoms with Crippen LogP contribution in [0.25, 0.3) is 17.0 Å². The summed E-state index contributed by atoms with van der Waals surface area (Å²) in [6.45, 7) is 0. The molecular weight excluding hydrogens is 240 g/mol. The predicted octanol–water partition coefficient (Wildman–Crippen LogP) is 2.45. The highest BCUT2D eigenvalue weighted by atomic mass is 16.5. The number of aromatic nitrogens is 3. The van der Waals surface area contributed by atoms with E-state index in [4.69, 9.17) is 4.74 Å². The number of anilines is 1. The number of methoxy groups -OCH3 is 1. The molecule has 0 aliphatic heterocycles. The van der Waals surface area contributed by atoms with Gasteiger partial charge in [0.25, 0.3) is 0 Å². The molecule has 96 valence electrons. The first-order valence-electron chi connectivity index (χ1n) is 5.98. The smallest absolute Gasteiger partial charge is 0.236 e. The van der Waals surface area contributed by atoms with E-state index in [-0.39, 0.29) is 0 Å². The van der Waals surface area contributed by atoms with Crippen molar-refractivity contribution in [2.45, 2.75) is 0 Å². The fraction of sp³-hybridized carbons (Fsp3) is 0.143. The Balaban J connectivity index is 2.04. The first-order valence-corrected chi connectivity index (χ1v) is 5.98. The molecule has 3 aromatic rings. The fourth-order valence-electron chi connectivity index (χ4n) is 1.91. The van der Waals surface area contributed by atoms with E-state index in [9.17, 15) is 0 Å². The molecule has 0 unspecified atom stereocenters. The molecule has 5 heteroatoms. The molecule has 1 N–H and O–H groups in total. The van der Waals surface area contributed by atoms with Gasteiger partial charge in [0, 0.05) is 25.0 Å². The Labute approximate surface area is 110 Å². The molecule has 0 aliphatic rings. The molecule has 0 radical (unpaired) electrons. The number of benzene rings is 1. The van der Waals surface area contributed by atoms with E-state index in [2.05, 4.69) is 15.3 Å². The van der Waals surface area contributed by atoms with Crippen LogP contribution < -0.4 is 10.1 Å². The van der Waals surface area contributed by atoms with Crippen molar-refractivity contribution in [2.75, 3.05) is 19.5 Å². The molecule has 0 bridgehead atoms. The lowest BCUT2D eigenvalue weighted by atomic mass is 10.2. The topological polar surface area (TPSA) is 51.5 Å². The highest BCUT2D eigenvalue weighted by Crippen LogP contribution is 2.21. The van der Waals surface area contributed by atoms with E-state index in [1.165, 1.54) is 0 Å². The highest BCUT2D eigenvalue weighted by molar-refractivity contribution is 5.62. The van der Waals surface area contributed by atoms with Crippen LogP contribution in [-0.4, -0.2) is 28.5 Å². The summed E-state index contributed by atoms with van der Waals surface area (Å²) in [7, 11) is 3.50. The van der Waals surface area contributed by atoms with E-state index in [1.54, 1.807) is 7.11 Å². The van der Waals surface area contributed by atoms with Crippen molar-refractivity contribution in [1.82, 2.24) is 14.4 Å². The minimum atomic E-state index is 0.678. The summed E-state index contributed by atoms with van der Waals surface area (Å²) >= 11 is 0. The number of fused-ring (bicyclic) bond motifs is 1. The van der Waals surface area contributed by atoms with E-state index >= 15 is 0 Å². The summed E-state index contributed by atoms with van der Waals surface area (Å²) < 4.78 is 7.05. The lowest BCUT2D eigenvalue weighted by Gasteiger charge is -1.99. The number of ether oxygens (including phenoxy) is 1. The number of imidazole rings is 1. The molecule has 0 saturated heterocycles. The minimum absolute atomic E-state index is 0.678. The lowest BCUT2D eigenvalue weighted by Crippen LogP contribution is -1.94. The summed E-state index contributed by atoms with van der Waals surface area (Å²) in [5, 5.41) is 3.00. The third-order valence-corrected chi connectivity index (χ3v) is 2.97. The standard InChI is InChI=1S/C14H14N4O/c1-15-13-7-8-18-9-12(16-14(18)17-13)10-3-5-11(19-2)6-4-10/h3-9H,1-2H3,(H,15,16,17). The third-order valence-electron chi connectivity index (χ3n) is 2.97. The second-order valence-corrected chi connectivity index (χ2v) is 4.12. The van der Waals surface area contributed by atoms with Crippen LogP contribution in [-0.2, 0) is 0 Å². The zero-order chi connectivity index (χ0) is 13.2. The summed E-state index contributed by atoms with van der Waals surface area (Å²) in [5.41, 5.74) is 1.93. The largest absolute Gasteiger partial charge is 0.497 e. The van der Waals surface area contributed by atoms with Gasteiger partial charge in [-0.1, -0.05) is 0 Å². The first kappa shape index (κ1) is 11.5. The van der Waals surface area contributed by atoms with Crippen LogP contribution in [0, 0.1) is 0 Å². The van der Waals surface area contributed by atoms with Crippen LogP contribution >= 0.6 is 0 Å². The van der Waals surface area contributed by atoms with Crippen LogP contribution in [0.4, 0.5) is 5.82 Å². The summed E-state index contributed by atoms with van der Waals surface area (Å²) in [6, 6.07) is 9.73. The molecule has 0 saturated carbocycles. The van der Waals surface area contributed by atoms with E-state index in [1.807, 2.05) is 54.2 Å². The molecule has 3 rings (SSSR count). The maximum atomic E-state index is 5.15. The van der Waals surface area contributed by atoms with Crippen molar-refractivity contribution in [3.8, 4) is 17.0 Å². The van der Waals surface area contributed by atoms with Crippen LogP contribution in [0.2, 0.25) is 0 Å². The second-order valence-electron chi connectivity index (χ2n) is 4.12. The van der Waals surface area contributed by atoms with Crippen molar-refractivity contribution < 1.29 is 4.74 Å². The number of hydrogen-bond donors (Lipinski definition) is 1. The van der Waals surface area contributed by atoms with Crippen molar-refractivity contribution in [3.63, 3.8) is 0 Å². The molecule has 0 aliphatic carbocycles. The molecule has 19 heavy (non-hydrogen) atoms. The molecule has 0 atom stereocenters. The average Bonchev–Trinajstić information content (AvgIpc) is 2.90. The zero-order valence-corrected chi connectivity index (χ0v) is 10.8. The molecule has 2 aromatic heterocycles. The van der Waals surface area contributed by atoms with Gasteiger partial charge in [-0.2, -0.15) is 4.98 Å². The van der Waals surface area contributed by atoms with Crippen LogP contribution in [0.3, 0.4) is 0 Å². The molecule has 0 fully saturated rings. The maximum absolute atomic E-state index is 5.15. The fourth-order valence-corrected chi connectivity index (χ4v) is 1.91. The monoisotopic (exact) mass is 254 g/mol. The quantitative estimate of drug-likeness (QED) is 0.780. The highest BCUT2D eigenvalue weighted by Gasteiger charge is 2.06. The van der Waals surface area contributed by atoms with Gasteiger partial charge in [-0.25, -0.2) is 4.98 Å². The van der Waals surface area contributed by atoms with Gasteiger partial charge in [-0.3, -0.25) is 4.40 Å². The van der Waals surface area contributed by atoms with Crippen molar-refractivity contribution in [2.24, 2.45) is 0 Å². The average molecular weight is 254 g/mol. The second kappa shape index (κ2) is 4.61. The normalized spacial score (nSPS) is 10.6. The number of hydrogen-bond acceptors (Lipinski definition) is 4. The third kappa shape index (κ3) is 2.10. The van der Waals surface area contributed by atoms with E-state index in [0.29, 0.717) is 5.78 Å². The van der Waals surface area contributed by atoms with Gasteiger partial charge in [-0.05, 0) is 30.3 Å². The van der Waals surface area contributed by atoms with Gasteiger partial charge in [-0.15, -0.1) is 0 Å². The SMILES string of the molecule is CNc1ccn2cc(-c3ccc(OC)cc3)nc2n1. The van der Waals surface area contributed by atoms with Gasteiger partial charge in [0.05, 0.1) is 12.8 Å². The van der Waals surface area contributed by atoms with Crippen LogP contribution in [0.5, 0.6) is 5.75 Å². The van der Waals surface area contributed by atoms with Gasteiger partial charge in [0.1, 0.15) is 11.6 Å². The van der Waals surface area contributed by atoms with E-state index < -0.39 is 0 Å². The van der Waals surface area contributed by atoms with Crippen LogP contribution in [0.15, 0.2) is 42.7 Å². The Bertz CT molecular complexity index is 703. The molecule has 5 nitrogen and oxygen atoms in total. The molecule has 0 spiro atoms. The van der Waals surface area contributed by atoms with Gasteiger partial charge < -0.3 is 10.1 Å². The van der Waals surface area contributed by atoms with Gasteiger partial charge >= 0.3 is 0 Å². The van der Waals surface area contributed by atoms with Gasteiger partial charge in [0.15, 0.2) is 0 Å². The lowest BCUT2D eigenvalue weighted by molar-refractivity contribution is 0.415. The number of nitrogens with one attached hydrogen (secondary N) is 1. The summed E-state index contributed by atoms with van der Waals surface area (Å²) in [4.78, 5) is 8.91. The Morgan fingerprint density at radius 3 is 2.58 bits per heavy atom. The predicted molar refractivity (Wildman–Crippen MR) is 74.5 cm³/mol. The summed E-state index contributed by atoms with van der Waals surface area (Å²) in [6.07, 6.45) is 3.90. The maximum Gasteiger partial charge on any atom is 0.236 e. The molecular formula is C14H14N4O. The van der Waals surface area contributed by atoms with Crippen LogP contribution in [0.1, 0.15) is 0 Å². The minimum Gasteiger partial charge on any atom is -0.497 e. The summed E-state index contributed by atoms with van der Waals surface area (Å²) in [5.74, 6) is 2.32. The Kier molecular flexibility index (Phi) is 2.79. The molecule has 2 heterocycles. The number of rotatable bonds is 3. The van der Waals surface area contributed by atoms with Crippen molar-refractivity contribution in [1.29, 1.82) is 0 Å². The van der Waals surface area contributed by atoms with Crippen molar-refractivity contribution in [3.05, 3.63) is 42.7 Å². The van der Waals surface area contributed by atoms with E-state index in [0.717, 1.165) is 22.8 Å². The Morgan fingerprint density at radius 1 is 1.11 bits per heavy atom. The Hall–Kier alpha value is -2.56. The molecule has 0 amide bonds. The molecule has 1 aromatic carbocycles. The number of nitrogens with zero attached hydrogens (tertiary/aromatic N) is 3. The van der Waals surface area contributed by atoms with Crippen molar-refractivity contribution >= 4 is 11.6 Å². The van der Waals surface area contributed by atoms with Gasteiger partial charge in [0.2, 0.25) is 5.78 Å².